The van der Waals surface area contributed by atoms with E-state index in [4.69, 9.17) is 5.73 Å². The third-order valence-corrected chi connectivity index (χ3v) is 2.49. The first-order chi connectivity index (χ1) is 7.02. The minimum absolute atomic E-state index is 0.0492. The number of hydrogen-bond donors (Lipinski definition) is 1. The molecule has 3 nitrogen and oxygen atoms in total. The quantitative estimate of drug-likeness (QED) is 0.821. The Balaban J connectivity index is 2.90. The number of nitrogens with two attached hydrogens (primary N) is 1. The van der Waals surface area contributed by atoms with Crippen LogP contribution in [-0.4, -0.2) is 4.57 Å². The summed E-state index contributed by atoms with van der Waals surface area (Å²) in [6.07, 6.45) is 2.85. The molecule has 1 aromatic heterocycles. The summed E-state index contributed by atoms with van der Waals surface area (Å²) in [4.78, 5) is 11.9. The van der Waals surface area contributed by atoms with Gasteiger partial charge < -0.3 is 10.3 Å². The van der Waals surface area contributed by atoms with E-state index in [0.717, 1.165) is 13.0 Å². The Morgan fingerprint density at radius 2 is 2.07 bits per heavy atom. The lowest BCUT2D eigenvalue weighted by Gasteiger charge is -2.11. The Hall–Kier alpha value is -1.09. The molecule has 1 heterocycles. The normalized spacial score (nSPS) is 13.1. The van der Waals surface area contributed by atoms with Gasteiger partial charge in [0.1, 0.15) is 0 Å². The van der Waals surface area contributed by atoms with Gasteiger partial charge in [0.15, 0.2) is 0 Å². The molecule has 1 atom stereocenters. The molecule has 0 radical (unpaired) electrons. The lowest BCUT2D eigenvalue weighted by molar-refractivity contribution is 0.505. The van der Waals surface area contributed by atoms with Crippen molar-refractivity contribution in [2.24, 2.45) is 11.7 Å². The summed E-state index contributed by atoms with van der Waals surface area (Å²) in [7, 11) is 0. The molecule has 1 unspecified atom stereocenters. The molecule has 1 aromatic rings. The first-order valence-electron chi connectivity index (χ1n) is 5.47. The van der Waals surface area contributed by atoms with Crippen LogP contribution in [0.1, 0.15) is 38.8 Å². The average Bonchev–Trinajstić information content (AvgIpc) is 2.15. The van der Waals surface area contributed by atoms with E-state index < -0.39 is 0 Å². The lowest BCUT2D eigenvalue weighted by Crippen LogP contribution is -2.27. The number of nitrogens with zero attached hydrogens (tertiary/aromatic N) is 1. The molecule has 0 spiro atoms. The molecular weight excluding hydrogens is 188 g/mol. The summed E-state index contributed by atoms with van der Waals surface area (Å²) in [5.41, 5.74) is 6.47. The highest BCUT2D eigenvalue weighted by Crippen LogP contribution is 2.05. The number of aryl methyl sites for hydroxylation is 1. The minimum atomic E-state index is -0.191. The van der Waals surface area contributed by atoms with Crippen molar-refractivity contribution in [1.82, 2.24) is 4.57 Å². The fourth-order valence-corrected chi connectivity index (χ4v) is 1.48. The number of aromatic nitrogens is 1. The molecule has 0 aliphatic carbocycles. The second-order valence-corrected chi connectivity index (χ2v) is 4.43. The number of rotatable bonds is 4. The molecule has 0 amide bonds. The Morgan fingerprint density at radius 3 is 2.60 bits per heavy atom. The van der Waals surface area contributed by atoms with Crippen LogP contribution in [0.25, 0.3) is 0 Å². The first kappa shape index (κ1) is 12.0. The van der Waals surface area contributed by atoms with Gasteiger partial charge in [0.2, 0.25) is 0 Å². The summed E-state index contributed by atoms with van der Waals surface area (Å²) in [6.45, 7) is 6.92. The monoisotopic (exact) mass is 208 g/mol. The average molecular weight is 208 g/mol. The van der Waals surface area contributed by atoms with E-state index in [1.54, 1.807) is 10.6 Å². The van der Waals surface area contributed by atoms with Crippen molar-refractivity contribution in [2.45, 2.75) is 39.8 Å². The van der Waals surface area contributed by atoms with E-state index in [1.807, 2.05) is 19.2 Å². The zero-order valence-corrected chi connectivity index (χ0v) is 9.73. The molecule has 3 heteroatoms. The molecule has 0 saturated carbocycles. The zero-order valence-electron chi connectivity index (χ0n) is 9.73. The van der Waals surface area contributed by atoms with Crippen molar-refractivity contribution in [3.05, 3.63) is 34.2 Å². The zero-order chi connectivity index (χ0) is 11.4. The van der Waals surface area contributed by atoms with Gasteiger partial charge in [0.25, 0.3) is 5.56 Å². The summed E-state index contributed by atoms with van der Waals surface area (Å²) in [6, 6.07) is 3.50. The van der Waals surface area contributed by atoms with Gasteiger partial charge in [0.05, 0.1) is 0 Å². The predicted molar refractivity (Wildman–Crippen MR) is 62.8 cm³/mol. The third-order valence-electron chi connectivity index (χ3n) is 2.49. The molecule has 0 saturated heterocycles. The van der Waals surface area contributed by atoms with Crippen molar-refractivity contribution < 1.29 is 0 Å². The topological polar surface area (TPSA) is 48.0 Å². The Morgan fingerprint density at radius 1 is 1.40 bits per heavy atom. The predicted octanol–water partition coefficient (Wildman–Crippen LogP) is 1.91. The molecule has 0 bridgehead atoms. The van der Waals surface area contributed by atoms with Crippen LogP contribution in [-0.2, 0) is 6.54 Å². The summed E-state index contributed by atoms with van der Waals surface area (Å²) in [5.74, 6) is 0.607. The summed E-state index contributed by atoms with van der Waals surface area (Å²) >= 11 is 0. The van der Waals surface area contributed by atoms with E-state index in [9.17, 15) is 4.79 Å². The van der Waals surface area contributed by atoms with Gasteiger partial charge in [-0.2, -0.15) is 0 Å². The fraction of sp³-hybridized carbons (Fsp3) is 0.583. The maximum Gasteiger partial charge on any atom is 0.255 e. The molecule has 2 N–H and O–H groups in total. The van der Waals surface area contributed by atoms with E-state index in [1.165, 1.54) is 0 Å². The molecule has 84 valence electrons. The van der Waals surface area contributed by atoms with Crippen LogP contribution in [0.15, 0.2) is 23.1 Å². The van der Waals surface area contributed by atoms with Gasteiger partial charge in [-0.1, -0.05) is 19.9 Å². The van der Waals surface area contributed by atoms with Crippen LogP contribution in [0.2, 0.25) is 0 Å². The van der Waals surface area contributed by atoms with E-state index in [-0.39, 0.29) is 11.6 Å². The van der Waals surface area contributed by atoms with Crippen LogP contribution in [0.3, 0.4) is 0 Å². The van der Waals surface area contributed by atoms with E-state index >= 15 is 0 Å². The Kier molecular flexibility index (Phi) is 4.09. The highest BCUT2D eigenvalue weighted by molar-refractivity contribution is 5.13. The molecule has 0 aliphatic heterocycles. The van der Waals surface area contributed by atoms with Gasteiger partial charge in [-0.25, -0.2) is 0 Å². The van der Waals surface area contributed by atoms with Gasteiger partial charge in [-0.3, -0.25) is 4.79 Å². The third kappa shape index (κ3) is 3.20. The van der Waals surface area contributed by atoms with Gasteiger partial charge in [-0.05, 0) is 25.3 Å². The summed E-state index contributed by atoms with van der Waals surface area (Å²) in [5, 5.41) is 0. The van der Waals surface area contributed by atoms with Crippen molar-refractivity contribution in [2.75, 3.05) is 0 Å². The van der Waals surface area contributed by atoms with Gasteiger partial charge in [-0.15, -0.1) is 0 Å². The largest absolute Gasteiger partial charge is 0.324 e. The SMILES string of the molecule is CC(C)CCn1cccc(C(C)N)c1=O. The fourth-order valence-electron chi connectivity index (χ4n) is 1.48. The van der Waals surface area contributed by atoms with Crippen LogP contribution in [0.4, 0.5) is 0 Å². The smallest absolute Gasteiger partial charge is 0.255 e. The minimum Gasteiger partial charge on any atom is -0.324 e. The maximum absolute atomic E-state index is 11.9. The number of pyridine rings is 1. The van der Waals surface area contributed by atoms with Crippen LogP contribution >= 0.6 is 0 Å². The Bertz CT molecular complexity index is 366. The van der Waals surface area contributed by atoms with Crippen LogP contribution in [0.5, 0.6) is 0 Å². The number of hydrogen-bond acceptors (Lipinski definition) is 2. The van der Waals surface area contributed by atoms with Crippen molar-refractivity contribution >= 4 is 0 Å². The van der Waals surface area contributed by atoms with Crippen LogP contribution in [0, 0.1) is 5.92 Å². The highest BCUT2D eigenvalue weighted by atomic mass is 16.1. The molecular formula is C12H20N2O. The first-order valence-corrected chi connectivity index (χ1v) is 5.47. The molecule has 0 fully saturated rings. The summed E-state index contributed by atoms with van der Waals surface area (Å²) < 4.78 is 1.75. The van der Waals surface area contributed by atoms with Gasteiger partial charge in [0, 0.05) is 24.3 Å². The van der Waals surface area contributed by atoms with E-state index in [0.29, 0.717) is 11.5 Å². The van der Waals surface area contributed by atoms with E-state index in [2.05, 4.69) is 13.8 Å². The Labute approximate surface area is 90.9 Å². The van der Waals surface area contributed by atoms with Gasteiger partial charge >= 0.3 is 0 Å². The second-order valence-electron chi connectivity index (χ2n) is 4.43. The molecule has 15 heavy (non-hydrogen) atoms. The maximum atomic E-state index is 11.9. The lowest BCUT2D eigenvalue weighted by atomic mass is 10.1. The van der Waals surface area contributed by atoms with Crippen molar-refractivity contribution in [3.63, 3.8) is 0 Å². The highest BCUT2D eigenvalue weighted by Gasteiger charge is 2.07. The van der Waals surface area contributed by atoms with Crippen molar-refractivity contribution in [3.8, 4) is 0 Å². The second kappa shape index (κ2) is 5.12. The molecule has 1 rings (SSSR count). The molecule has 0 aromatic carbocycles. The van der Waals surface area contributed by atoms with Crippen LogP contribution < -0.4 is 11.3 Å². The standard InChI is InChI=1S/C12H20N2O/c1-9(2)6-8-14-7-4-5-11(10(3)13)12(14)15/h4-5,7,9-10H,6,8,13H2,1-3H3. The van der Waals surface area contributed by atoms with Crippen molar-refractivity contribution in [1.29, 1.82) is 0 Å². The molecule has 0 aliphatic rings.